The Morgan fingerprint density at radius 2 is 2.00 bits per heavy atom. The van der Waals surface area contributed by atoms with Gasteiger partial charge in [-0.2, -0.15) is 0 Å². The maximum Gasteiger partial charge on any atom is 0.191 e. The number of aromatic nitrogens is 1. The molecule has 24 heavy (non-hydrogen) atoms. The number of nitrogens with zero attached hydrogens (tertiary/aromatic N) is 2. The molecule has 1 aromatic carbocycles. The van der Waals surface area contributed by atoms with Crippen LogP contribution in [0, 0.1) is 6.92 Å². The average molecular weight is 347 g/mol. The predicted octanol–water partition coefficient (Wildman–Crippen LogP) is 3.15. The quantitative estimate of drug-likeness (QED) is 0.597. The molecular formula is C18H26N4OS. The third kappa shape index (κ3) is 6.20. The van der Waals surface area contributed by atoms with E-state index in [9.17, 15) is 0 Å². The average Bonchev–Trinajstić information content (AvgIpc) is 2.97. The van der Waals surface area contributed by atoms with E-state index in [0.717, 1.165) is 36.2 Å². The molecule has 1 heterocycles. The van der Waals surface area contributed by atoms with Crippen molar-refractivity contribution >= 4 is 17.3 Å². The Morgan fingerprint density at radius 1 is 1.25 bits per heavy atom. The fraction of sp³-hybridized carbons (Fsp3) is 0.444. The number of aliphatic imine (C=N–C) groups is 1. The van der Waals surface area contributed by atoms with Gasteiger partial charge in [0.15, 0.2) is 5.96 Å². The van der Waals surface area contributed by atoms with Gasteiger partial charge in [0, 0.05) is 37.6 Å². The van der Waals surface area contributed by atoms with E-state index in [2.05, 4.69) is 39.7 Å². The van der Waals surface area contributed by atoms with E-state index in [0.29, 0.717) is 0 Å². The zero-order chi connectivity index (χ0) is 17.4. The summed E-state index contributed by atoms with van der Waals surface area (Å²) in [6.07, 6.45) is 3.01. The summed E-state index contributed by atoms with van der Waals surface area (Å²) in [5.41, 5.74) is 1.18. The lowest BCUT2D eigenvalue weighted by atomic mass is 10.2. The van der Waals surface area contributed by atoms with E-state index in [-0.39, 0.29) is 6.10 Å². The van der Waals surface area contributed by atoms with Crippen LogP contribution in [0.5, 0.6) is 5.75 Å². The lowest BCUT2D eigenvalue weighted by molar-refractivity contribution is 0.242. The molecule has 6 heteroatoms. The molecule has 0 radical (unpaired) electrons. The third-order valence-electron chi connectivity index (χ3n) is 3.28. The highest BCUT2D eigenvalue weighted by Crippen LogP contribution is 2.13. The minimum Gasteiger partial charge on any atom is -0.491 e. The number of guanidine groups is 1. The molecule has 2 rings (SSSR count). The van der Waals surface area contributed by atoms with Crippen LogP contribution in [0.15, 0.2) is 35.5 Å². The van der Waals surface area contributed by atoms with Gasteiger partial charge in [0.05, 0.1) is 11.1 Å². The summed E-state index contributed by atoms with van der Waals surface area (Å²) >= 11 is 1.74. The molecule has 1 aromatic heterocycles. The summed E-state index contributed by atoms with van der Waals surface area (Å²) in [7, 11) is 1.78. The molecule has 0 amide bonds. The van der Waals surface area contributed by atoms with Crippen molar-refractivity contribution in [3.8, 4) is 5.75 Å². The molecule has 0 saturated carbocycles. The standard InChI is InChI=1S/C18H26N4OS/c1-13(2)23-16-7-5-15(6-8-16)12-22-18(19-4)20-10-9-17-21-11-14(3)24-17/h5-8,11,13H,9-10,12H2,1-4H3,(H2,19,20,22). The SMILES string of the molecule is CN=C(NCCc1ncc(C)s1)NCc1ccc(OC(C)C)cc1. The molecule has 0 atom stereocenters. The minimum absolute atomic E-state index is 0.193. The summed E-state index contributed by atoms with van der Waals surface area (Å²) in [6.45, 7) is 7.66. The van der Waals surface area contributed by atoms with Gasteiger partial charge in [-0.15, -0.1) is 11.3 Å². The van der Waals surface area contributed by atoms with Gasteiger partial charge >= 0.3 is 0 Å². The predicted molar refractivity (Wildman–Crippen MR) is 101 cm³/mol. The molecule has 0 aliphatic carbocycles. The van der Waals surface area contributed by atoms with Crippen LogP contribution < -0.4 is 15.4 Å². The molecule has 0 aliphatic heterocycles. The normalized spacial score (nSPS) is 11.6. The fourth-order valence-corrected chi connectivity index (χ4v) is 2.96. The monoisotopic (exact) mass is 346 g/mol. The summed E-state index contributed by atoms with van der Waals surface area (Å²) < 4.78 is 5.65. The molecule has 130 valence electrons. The van der Waals surface area contributed by atoms with Crippen molar-refractivity contribution in [2.75, 3.05) is 13.6 Å². The molecule has 0 saturated heterocycles. The Labute approximate surface area is 148 Å². The maximum absolute atomic E-state index is 5.65. The summed E-state index contributed by atoms with van der Waals surface area (Å²) in [4.78, 5) is 9.86. The van der Waals surface area contributed by atoms with Gasteiger partial charge in [-0.1, -0.05) is 12.1 Å². The van der Waals surface area contributed by atoms with Crippen molar-refractivity contribution in [2.24, 2.45) is 4.99 Å². The van der Waals surface area contributed by atoms with Crippen LogP contribution in [0.2, 0.25) is 0 Å². The Bertz CT molecular complexity index is 649. The molecule has 0 fully saturated rings. The Kier molecular flexibility index (Phi) is 7.06. The van der Waals surface area contributed by atoms with Crippen LogP contribution in [0.1, 0.15) is 29.3 Å². The Hall–Kier alpha value is -2.08. The second-order valence-corrected chi connectivity index (χ2v) is 7.10. The minimum atomic E-state index is 0.193. The number of aryl methyl sites for hydroxylation is 1. The molecule has 0 bridgehead atoms. The Balaban J connectivity index is 1.74. The van der Waals surface area contributed by atoms with Crippen molar-refractivity contribution in [3.63, 3.8) is 0 Å². The van der Waals surface area contributed by atoms with Gasteiger partial charge in [-0.25, -0.2) is 4.98 Å². The molecular weight excluding hydrogens is 320 g/mol. The third-order valence-corrected chi connectivity index (χ3v) is 4.25. The number of benzene rings is 1. The molecule has 2 aromatic rings. The second kappa shape index (κ2) is 9.27. The molecule has 2 N–H and O–H groups in total. The van der Waals surface area contributed by atoms with E-state index < -0.39 is 0 Å². The highest BCUT2D eigenvalue weighted by molar-refractivity contribution is 7.11. The van der Waals surface area contributed by atoms with Crippen molar-refractivity contribution < 1.29 is 4.74 Å². The molecule has 0 unspecified atom stereocenters. The molecule has 5 nitrogen and oxygen atoms in total. The topological polar surface area (TPSA) is 58.5 Å². The van der Waals surface area contributed by atoms with Gasteiger partial charge in [-0.3, -0.25) is 4.99 Å². The van der Waals surface area contributed by atoms with Crippen LogP contribution in [0.3, 0.4) is 0 Å². The zero-order valence-corrected chi connectivity index (χ0v) is 15.6. The van der Waals surface area contributed by atoms with Crippen molar-refractivity contribution in [2.45, 2.75) is 39.8 Å². The van der Waals surface area contributed by atoms with Crippen molar-refractivity contribution in [3.05, 3.63) is 45.9 Å². The largest absolute Gasteiger partial charge is 0.491 e. The smallest absolute Gasteiger partial charge is 0.191 e. The van der Waals surface area contributed by atoms with Gasteiger partial charge in [-0.05, 0) is 38.5 Å². The van der Waals surface area contributed by atoms with E-state index in [1.165, 1.54) is 10.4 Å². The van der Waals surface area contributed by atoms with Crippen LogP contribution in [0.25, 0.3) is 0 Å². The van der Waals surface area contributed by atoms with Crippen LogP contribution >= 0.6 is 11.3 Å². The molecule has 0 spiro atoms. The van der Waals surface area contributed by atoms with Gasteiger partial charge in [0.25, 0.3) is 0 Å². The number of nitrogens with one attached hydrogen (secondary N) is 2. The summed E-state index contributed by atoms with van der Waals surface area (Å²) in [5.74, 6) is 1.70. The van der Waals surface area contributed by atoms with E-state index in [1.807, 2.05) is 32.2 Å². The van der Waals surface area contributed by atoms with E-state index in [1.54, 1.807) is 18.4 Å². The second-order valence-electron chi connectivity index (χ2n) is 5.78. The van der Waals surface area contributed by atoms with Gasteiger partial charge < -0.3 is 15.4 Å². The lowest BCUT2D eigenvalue weighted by Gasteiger charge is -2.13. The molecule has 0 aliphatic rings. The van der Waals surface area contributed by atoms with Gasteiger partial charge in [0.1, 0.15) is 5.75 Å². The first-order valence-electron chi connectivity index (χ1n) is 8.18. The lowest BCUT2D eigenvalue weighted by Crippen LogP contribution is -2.37. The number of hydrogen-bond donors (Lipinski definition) is 2. The highest BCUT2D eigenvalue weighted by atomic mass is 32.1. The number of ether oxygens (including phenoxy) is 1. The van der Waals surface area contributed by atoms with Crippen LogP contribution in [-0.2, 0) is 13.0 Å². The summed E-state index contributed by atoms with van der Waals surface area (Å²) in [5, 5.41) is 7.78. The van der Waals surface area contributed by atoms with E-state index >= 15 is 0 Å². The van der Waals surface area contributed by atoms with E-state index in [4.69, 9.17) is 4.74 Å². The van der Waals surface area contributed by atoms with Crippen LogP contribution in [-0.4, -0.2) is 30.6 Å². The Morgan fingerprint density at radius 3 is 2.58 bits per heavy atom. The summed E-state index contributed by atoms with van der Waals surface area (Å²) in [6, 6.07) is 8.13. The number of rotatable bonds is 7. The number of thiazole rings is 1. The first-order valence-corrected chi connectivity index (χ1v) is 9.00. The first-order chi connectivity index (χ1) is 11.6. The van der Waals surface area contributed by atoms with Crippen molar-refractivity contribution in [1.82, 2.24) is 15.6 Å². The maximum atomic E-state index is 5.65. The van der Waals surface area contributed by atoms with Gasteiger partial charge in [0.2, 0.25) is 0 Å². The zero-order valence-electron chi connectivity index (χ0n) is 14.8. The first kappa shape index (κ1) is 18.3. The van der Waals surface area contributed by atoms with Crippen molar-refractivity contribution in [1.29, 1.82) is 0 Å². The number of hydrogen-bond acceptors (Lipinski definition) is 4. The van der Waals surface area contributed by atoms with Crippen LogP contribution in [0.4, 0.5) is 0 Å². The highest BCUT2D eigenvalue weighted by Gasteiger charge is 2.02. The fourth-order valence-electron chi connectivity index (χ4n) is 2.17.